The zero-order valence-electron chi connectivity index (χ0n) is 14.9. The molecule has 3 rings (SSSR count). The van der Waals surface area contributed by atoms with Gasteiger partial charge in [0, 0.05) is 26.2 Å². The molecule has 0 saturated heterocycles. The molecular weight excluding hydrogens is 501 g/mol. The van der Waals surface area contributed by atoms with Crippen molar-refractivity contribution >= 4 is 75.0 Å². The molecule has 0 aliphatic carbocycles. The van der Waals surface area contributed by atoms with Gasteiger partial charge in [-0.3, -0.25) is 4.79 Å². The molecule has 1 heterocycles. The lowest BCUT2D eigenvalue weighted by Crippen LogP contribution is -2.23. The van der Waals surface area contributed by atoms with Gasteiger partial charge >= 0.3 is 0 Å². The molecule has 29 heavy (non-hydrogen) atoms. The van der Waals surface area contributed by atoms with E-state index in [1.165, 1.54) is 11.3 Å². The van der Waals surface area contributed by atoms with Crippen molar-refractivity contribution < 1.29 is 9.53 Å². The van der Waals surface area contributed by atoms with Gasteiger partial charge in [0.05, 0.1) is 10.7 Å². The molecule has 1 amide bonds. The maximum absolute atomic E-state index is 10.8. The van der Waals surface area contributed by atoms with Gasteiger partial charge in [-0.1, -0.05) is 56.8 Å². The number of carbonyl (C=O) groups is 1. The lowest BCUT2D eigenvalue weighted by Gasteiger charge is -2.23. The Balaban J connectivity index is 2.02. The minimum Gasteiger partial charge on any atom is -0.436 e. The van der Waals surface area contributed by atoms with Gasteiger partial charge in [-0.2, -0.15) is 0 Å². The fourth-order valence-corrected chi connectivity index (χ4v) is 3.78. The van der Waals surface area contributed by atoms with Crippen molar-refractivity contribution in [3.8, 4) is 5.75 Å². The van der Waals surface area contributed by atoms with Crippen molar-refractivity contribution in [3.63, 3.8) is 0 Å². The molecule has 1 aliphatic rings. The van der Waals surface area contributed by atoms with E-state index in [0.717, 1.165) is 10.0 Å². The minimum atomic E-state index is 0.254. The molecular formula is C20H13BrCl3N3O2. The van der Waals surface area contributed by atoms with E-state index < -0.39 is 0 Å². The molecule has 0 unspecified atom stereocenters. The van der Waals surface area contributed by atoms with Crippen LogP contribution < -0.4 is 4.74 Å². The Labute approximate surface area is 191 Å². The fraction of sp³-hybridized carbons (Fsp3) is 0.0500. The van der Waals surface area contributed by atoms with E-state index in [1.807, 2.05) is 6.92 Å². The number of hydrogen-bond donors (Lipinski definition) is 0. The third kappa shape index (κ3) is 5.08. The third-order valence-electron chi connectivity index (χ3n) is 3.90. The Bertz CT molecular complexity index is 1060. The van der Waals surface area contributed by atoms with Crippen LogP contribution in [-0.4, -0.2) is 23.7 Å². The highest BCUT2D eigenvalue weighted by Crippen LogP contribution is 2.35. The molecule has 0 bridgehead atoms. The summed E-state index contributed by atoms with van der Waals surface area (Å²) >= 11 is 22.2. The van der Waals surface area contributed by atoms with Crippen LogP contribution in [0.15, 0.2) is 68.8 Å². The largest absolute Gasteiger partial charge is 0.436 e. The molecule has 0 atom stereocenters. The highest BCUT2D eigenvalue weighted by molar-refractivity contribution is 9.10. The SMILES string of the molecule is C/C(=C1/C=CC(Oc2cc(Br)ccc2Cl)=NN1/C=N\C=O)c1c(Cl)cccc1Cl. The molecule has 2 aromatic carbocycles. The zero-order valence-corrected chi connectivity index (χ0v) is 18.8. The number of aliphatic imine (C=N–C) groups is 1. The fourth-order valence-electron chi connectivity index (χ4n) is 2.60. The van der Waals surface area contributed by atoms with E-state index in [1.54, 1.807) is 48.6 Å². The summed E-state index contributed by atoms with van der Waals surface area (Å²) in [5, 5.41) is 7.21. The van der Waals surface area contributed by atoms with Crippen LogP contribution in [0.25, 0.3) is 5.57 Å². The van der Waals surface area contributed by atoms with E-state index >= 15 is 0 Å². The second-order valence-electron chi connectivity index (χ2n) is 5.77. The van der Waals surface area contributed by atoms with E-state index in [0.29, 0.717) is 38.5 Å². The van der Waals surface area contributed by atoms with Gasteiger partial charge in [0.15, 0.2) is 0 Å². The molecule has 0 aromatic heterocycles. The monoisotopic (exact) mass is 511 g/mol. The Kier molecular flexibility index (Phi) is 7.14. The van der Waals surface area contributed by atoms with Crippen molar-refractivity contribution in [3.05, 3.63) is 79.4 Å². The summed E-state index contributed by atoms with van der Waals surface area (Å²) in [4.78, 5) is 14.4. The van der Waals surface area contributed by atoms with Crippen molar-refractivity contribution in [1.29, 1.82) is 0 Å². The third-order valence-corrected chi connectivity index (χ3v) is 5.34. The number of hydrazone groups is 1. The Hall–Kier alpha value is -2.12. The summed E-state index contributed by atoms with van der Waals surface area (Å²) in [6.45, 7) is 1.85. The van der Waals surface area contributed by atoms with Crippen molar-refractivity contribution in [2.24, 2.45) is 10.1 Å². The normalized spacial score (nSPS) is 15.5. The summed E-state index contributed by atoms with van der Waals surface area (Å²) in [5.74, 6) is 0.680. The average molecular weight is 514 g/mol. The van der Waals surface area contributed by atoms with Gasteiger partial charge in [0.25, 0.3) is 0 Å². The molecule has 0 spiro atoms. The minimum absolute atomic E-state index is 0.254. The Morgan fingerprint density at radius 1 is 1.14 bits per heavy atom. The molecule has 9 heteroatoms. The predicted octanol–water partition coefficient (Wildman–Crippen LogP) is 6.59. The molecule has 5 nitrogen and oxygen atoms in total. The van der Waals surface area contributed by atoms with E-state index in [-0.39, 0.29) is 5.90 Å². The highest BCUT2D eigenvalue weighted by atomic mass is 79.9. The van der Waals surface area contributed by atoms with Crippen LogP contribution in [0.5, 0.6) is 5.75 Å². The maximum Gasteiger partial charge on any atom is 0.237 e. The summed E-state index contributed by atoms with van der Waals surface area (Å²) in [6, 6.07) is 10.5. The number of benzene rings is 2. The number of nitrogens with zero attached hydrogens (tertiary/aromatic N) is 3. The van der Waals surface area contributed by atoms with Gasteiger partial charge in [-0.05, 0) is 48.9 Å². The van der Waals surface area contributed by atoms with E-state index in [4.69, 9.17) is 39.5 Å². The van der Waals surface area contributed by atoms with Crippen LogP contribution in [-0.2, 0) is 4.79 Å². The molecule has 0 N–H and O–H groups in total. The number of allylic oxidation sites excluding steroid dienone is 2. The summed E-state index contributed by atoms with van der Waals surface area (Å²) in [5.41, 5.74) is 2.03. The summed E-state index contributed by atoms with van der Waals surface area (Å²) in [6.07, 6.45) is 5.12. The van der Waals surface area contributed by atoms with Gasteiger partial charge in [-0.25, -0.2) is 10.0 Å². The molecule has 1 aliphatic heterocycles. The van der Waals surface area contributed by atoms with Gasteiger partial charge in [0.1, 0.15) is 12.1 Å². The van der Waals surface area contributed by atoms with Crippen molar-refractivity contribution in [2.75, 3.05) is 0 Å². The lowest BCUT2D eigenvalue weighted by atomic mass is 10.0. The van der Waals surface area contributed by atoms with E-state index in [2.05, 4.69) is 26.0 Å². The standard InChI is InChI=1S/C20H13BrCl3N3O2/c1-12(20-15(23)3-2-4-16(20)24)17-7-8-19(26-27(17)10-25-11-28)29-18-9-13(21)5-6-14(18)22/h2-11H,1H3/b17-12+,25-10-. The van der Waals surface area contributed by atoms with Crippen LogP contribution in [0.1, 0.15) is 12.5 Å². The molecule has 0 fully saturated rings. The second-order valence-corrected chi connectivity index (χ2v) is 7.91. The van der Waals surface area contributed by atoms with Crippen molar-refractivity contribution in [2.45, 2.75) is 6.92 Å². The Morgan fingerprint density at radius 2 is 1.86 bits per heavy atom. The molecule has 2 aromatic rings. The molecule has 0 saturated carbocycles. The van der Waals surface area contributed by atoms with Crippen molar-refractivity contribution in [1.82, 2.24) is 5.01 Å². The first-order chi connectivity index (χ1) is 13.9. The number of amides is 1. The number of carbonyl (C=O) groups excluding carboxylic acids is 1. The van der Waals surface area contributed by atoms with Crippen LogP contribution in [0.4, 0.5) is 0 Å². The molecule has 148 valence electrons. The number of hydrogen-bond acceptors (Lipinski definition) is 3. The summed E-state index contributed by atoms with van der Waals surface area (Å²) < 4.78 is 6.60. The second kappa shape index (κ2) is 9.59. The number of halogens is 4. The van der Waals surface area contributed by atoms with Crippen LogP contribution in [0, 0.1) is 0 Å². The van der Waals surface area contributed by atoms with Crippen LogP contribution in [0.3, 0.4) is 0 Å². The molecule has 0 radical (unpaired) electrons. The number of rotatable bonds is 4. The average Bonchev–Trinajstić information content (AvgIpc) is 2.69. The quantitative estimate of drug-likeness (QED) is 0.263. The smallest absolute Gasteiger partial charge is 0.237 e. The highest BCUT2D eigenvalue weighted by Gasteiger charge is 2.19. The maximum atomic E-state index is 10.8. The topological polar surface area (TPSA) is 54.3 Å². The predicted molar refractivity (Wildman–Crippen MR) is 122 cm³/mol. The summed E-state index contributed by atoms with van der Waals surface area (Å²) in [7, 11) is 0. The van der Waals surface area contributed by atoms with E-state index in [9.17, 15) is 4.79 Å². The van der Waals surface area contributed by atoms with Gasteiger partial charge < -0.3 is 4.74 Å². The Morgan fingerprint density at radius 3 is 2.55 bits per heavy atom. The van der Waals surface area contributed by atoms with Gasteiger partial charge in [0.2, 0.25) is 12.3 Å². The van der Waals surface area contributed by atoms with Crippen LogP contribution in [0.2, 0.25) is 15.1 Å². The zero-order chi connectivity index (χ0) is 21.0. The van der Waals surface area contributed by atoms with Crippen LogP contribution >= 0.6 is 50.7 Å². The first-order valence-electron chi connectivity index (χ1n) is 8.21. The first-order valence-corrected chi connectivity index (χ1v) is 10.1. The van der Waals surface area contributed by atoms with Gasteiger partial charge in [-0.15, -0.1) is 5.10 Å². The number of ether oxygens (including phenoxy) is 1. The lowest BCUT2D eigenvalue weighted by molar-refractivity contribution is -0.106. The first kappa shape index (κ1) is 21.6.